The first-order valence-electron chi connectivity index (χ1n) is 4.32. The van der Waals surface area contributed by atoms with Crippen LogP contribution in [0.1, 0.15) is 23.2 Å². The van der Waals surface area contributed by atoms with Crippen LogP contribution in [0.2, 0.25) is 0 Å². The summed E-state index contributed by atoms with van der Waals surface area (Å²) in [7, 11) is 0. The zero-order valence-electron chi connectivity index (χ0n) is 7.56. The zero-order valence-corrected chi connectivity index (χ0v) is 11.5. The van der Waals surface area contributed by atoms with Crippen molar-refractivity contribution in [2.75, 3.05) is 11.9 Å². The number of rotatable bonds is 5. The van der Waals surface area contributed by atoms with Crippen molar-refractivity contribution >= 4 is 49.1 Å². The molecular formula is C9H11Br2NOS. The first-order valence-corrected chi connectivity index (χ1v) is 7.11. The molecule has 0 aliphatic carbocycles. The van der Waals surface area contributed by atoms with Gasteiger partial charge in [0.2, 0.25) is 0 Å². The third-order valence-corrected chi connectivity index (χ3v) is 3.74. The molecule has 5 heteroatoms. The van der Waals surface area contributed by atoms with E-state index in [9.17, 15) is 4.79 Å². The summed E-state index contributed by atoms with van der Waals surface area (Å²) in [4.78, 5) is 11.5. The summed E-state index contributed by atoms with van der Waals surface area (Å²) >= 11 is 8.20. The third-order valence-electron chi connectivity index (χ3n) is 1.68. The summed E-state index contributed by atoms with van der Waals surface area (Å²) in [6.07, 6.45) is 2.11. The fourth-order valence-corrected chi connectivity index (χ4v) is 2.49. The van der Waals surface area contributed by atoms with Gasteiger partial charge in [-0.15, -0.1) is 11.3 Å². The second kappa shape index (κ2) is 6.58. The molecule has 0 saturated carbocycles. The van der Waals surface area contributed by atoms with Gasteiger partial charge in [-0.05, 0) is 34.8 Å². The molecule has 2 nitrogen and oxygen atoms in total. The Labute approximate surface area is 104 Å². The molecule has 0 atom stereocenters. The van der Waals surface area contributed by atoms with Gasteiger partial charge in [0, 0.05) is 17.3 Å². The number of hydrogen-bond donors (Lipinski definition) is 1. The molecule has 0 bridgehead atoms. The predicted molar refractivity (Wildman–Crippen MR) is 67.4 cm³/mol. The van der Waals surface area contributed by atoms with Gasteiger partial charge in [-0.1, -0.05) is 15.9 Å². The van der Waals surface area contributed by atoms with Crippen LogP contribution in [0.15, 0.2) is 15.2 Å². The van der Waals surface area contributed by atoms with Crippen LogP contribution in [0.4, 0.5) is 0 Å². The molecule has 0 aliphatic heterocycles. The molecule has 1 heterocycles. The molecule has 0 radical (unpaired) electrons. The number of halogens is 2. The molecule has 0 aliphatic rings. The molecule has 14 heavy (non-hydrogen) atoms. The van der Waals surface area contributed by atoms with E-state index in [1.54, 1.807) is 0 Å². The number of alkyl halides is 1. The zero-order chi connectivity index (χ0) is 10.4. The third kappa shape index (κ3) is 4.11. The molecule has 1 amide bonds. The van der Waals surface area contributed by atoms with Crippen molar-refractivity contribution in [3.8, 4) is 0 Å². The lowest BCUT2D eigenvalue weighted by Gasteiger charge is -2.01. The molecule has 1 N–H and O–H groups in total. The van der Waals surface area contributed by atoms with Gasteiger partial charge in [0.25, 0.3) is 5.91 Å². The summed E-state index contributed by atoms with van der Waals surface area (Å²) in [6, 6.07) is 1.84. The van der Waals surface area contributed by atoms with Crippen molar-refractivity contribution < 1.29 is 4.79 Å². The normalized spacial score (nSPS) is 10.1. The van der Waals surface area contributed by atoms with E-state index in [0.717, 1.165) is 34.1 Å². The lowest BCUT2D eigenvalue weighted by molar-refractivity contribution is 0.0953. The lowest BCUT2D eigenvalue weighted by Crippen LogP contribution is -2.23. The smallest absolute Gasteiger partial charge is 0.252 e. The van der Waals surface area contributed by atoms with E-state index in [1.165, 1.54) is 11.3 Å². The van der Waals surface area contributed by atoms with Gasteiger partial charge in [-0.2, -0.15) is 0 Å². The van der Waals surface area contributed by atoms with E-state index >= 15 is 0 Å². The molecule has 78 valence electrons. The summed E-state index contributed by atoms with van der Waals surface area (Å²) in [5, 5.41) is 5.72. The number of thiophene rings is 1. The minimum Gasteiger partial charge on any atom is -0.352 e. The Balaban J connectivity index is 2.29. The number of amides is 1. The maximum absolute atomic E-state index is 11.5. The number of nitrogens with one attached hydrogen (secondary N) is 1. The number of carbonyl (C=O) groups is 1. The first-order chi connectivity index (χ1) is 6.74. The van der Waals surface area contributed by atoms with E-state index in [4.69, 9.17) is 0 Å². The van der Waals surface area contributed by atoms with Gasteiger partial charge >= 0.3 is 0 Å². The minimum atomic E-state index is 0.0153. The molecule has 0 unspecified atom stereocenters. The predicted octanol–water partition coefficient (Wildman–Crippen LogP) is 3.42. The van der Waals surface area contributed by atoms with Crippen LogP contribution in [0.25, 0.3) is 0 Å². The van der Waals surface area contributed by atoms with Crippen molar-refractivity contribution in [2.45, 2.75) is 12.8 Å². The maximum atomic E-state index is 11.5. The Morgan fingerprint density at radius 1 is 1.50 bits per heavy atom. The Morgan fingerprint density at radius 3 is 2.86 bits per heavy atom. The Hall–Kier alpha value is 0.130. The monoisotopic (exact) mass is 339 g/mol. The van der Waals surface area contributed by atoms with Gasteiger partial charge in [0.1, 0.15) is 0 Å². The second-order valence-corrected chi connectivity index (χ2v) is 5.87. The van der Waals surface area contributed by atoms with Crippen molar-refractivity contribution in [1.29, 1.82) is 0 Å². The fraction of sp³-hybridized carbons (Fsp3) is 0.444. The van der Waals surface area contributed by atoms with Crippen LogP contribution in [0.3, 0.4) is 0 Å². The molecule has 0 saturated heterocycles. The topological polar surface area (TPSA) is 29.1 Å². The highest BCUT2D eigenvalue weighted by Crippen LogP contribution is 2.20. The quantitative estimate of drug-likeness (QED) is 0.645. The van der Waals surface area contributed by atoms with Crippen LogP contribution in [0.5, 0.6) is 0 Å². The van der Waals surface area contributed by atoms with Crippen molar-refractivity contribution in [2.24, 2.45) is 0 Å². The van der Waals surface area contributed by atoms with Crippen LogP contribution < -0.4 is 5.32 Å². The Kier molecular flexibility index (Phi) is 5.74. The first kappa shape index (κ1) is 12.2. The average molecular weight is 341 g/mol. The molecule has 1 rings (SSSR count). The lowest BCUT2D eigenvalue weighted by atomic mass is 10.3. The molecule has 0 fully saturated rings. The standard InChI is InChI=1S/C9H11Br2NOS/c10-3-1-2-4-12-9(13)7-5-8(11)14-6-7/h5-6H,1-4H2,(H,12,13). The highest BCUT2D eigenvalue weighted by atomic mass is 79.9. The van der Waals surface area contributed by atoms with Crippen molar-refractivity contribution in [3.63, 3.8) is 0 Å². The van der Waals surface area contributed by atoms with Gasteiger partial charge in [-0.3, -0.25) is 4.79 Å². The van der Waals surface area contributed by atoms with Crippen LogP contribution in [-0.2, 0) is 0 Å². The van der Waals surface area contributed by atoms with E-state index in [1.807, 2.05) is 11.4 Å². The molecular weight excluding hydrogens is 330 g/mol. The molecule has 0 spiro atoms. The minimum absolute atomic E-state index is 0.0153. The van der Waals surface area contributed by atoms with E-state index in [0.29, 0.717) is 0 Å². The molecule has 1 aromatic rings. The second-order valence-electron chi connectivity index (χ2n) is 2.79. The van der Waals surface area contributed by atoms with E-state index < -0.39 is 0 Å². The van der Waals surface area contributed by atoms with Gasteiger partial charge in [0.15, 0.2) is 0 Å². The Bertz CT molecular complexity index is 301. The van der Waals surface area contributed by atoms with Gasteiger partial charge in [-0.25, -0.2) is 0 Å². The molecule has 1 aromatic heterocycles. The Morgan fingerprint density at radius 2 is 2.29 bits per heavy atom. The van der Waals surface area contributed by atoms with E-state index in [-0.39, 0.29) is 5.91 Å². The largest absolute Gasteiger partial charge is 0.352 e. The van der Waals surface area contributed by atoms with Gasteiger partial charge in [0.05, 0.1) is 9.35 Å². The summed E-state index contributed by atoms with van der Waals surface area (Å²) in [5.41, 5.74) is 0.737. The van der Waals surface area contributed by atoms with E-state index in [2.05, 4.69) is 37.2 Å². The van der Waals surface area contributed by atoms with Crippen LogP contribution >= 0.6 is 43.2 Å². The van der Waals surface area contributed by atoms with Crippen molar-refractivity contribution in [3.05, 3.63) is 20.8 Å². The highest BCUT2D eigenvalue weighted by molar-refractivity contribution is 9.11. The summed E-state index contributed by atoms with van der Waals surface area (Å²) in [5.74, 6) is 0.0153. The SMILES string of the molecule is O=C(NCCCCBr)c1csc(Br)c1. The van der Waals surface area contributed by atoms with Gasteiger partial charge < -0.3 is 5.32 Å². The number of carbonyl (C=O) groups excluding carboxylic acids is 1. The van der Waals surface area contributed by atoms with Crippen LogP contribution in [-0.4, -0.2) is 17.8 Å². The maximum Gasteiger partial charge on any atom is 0.252 e. The summed E-state index contributed by atoms with van der Waals surface area (Å²) in [6.45, 7) is 0.748. The highest BCUT2D eigenvalue weighted by Gasteiger charge is 2.06. The molecule has 0 aromatic carbocycles. The fourth-order valence-electron chi connectivity index (χ4n) is 0.953. The van der Waals surface area contributed by atoms with Crippen molar-refractivity contribution in [1.82, 2.24) is 5.32 Å². The number of unbranched alkanes of at least 4 members (excludes halogenated alkanes) is 1. The average Bonchev–Trinajstić information content (AvgIpc) is 2.59. The summed E-state index contributed by atoms with van der Waals surface area (Å²) < 4.78 is 0.989. The number of hydrogen-bond acceptors (Lipinski definition) is 2. The van der Waals surface area contributed by atoms with Crippen LogP contribution in [0, 0.1) is 0 Å².